The number of amides is 1. The van der Waals surface area contributed by atoms with Gasteiger partial charge in [0, 0.05) is 21.5 Å². The van der Waals surface area contributed by atoms with Crippen molar-refractivity contribution in [2.75, 3.05) is 0 Å². The van der Waals surface area contributed by atoms with Crippen LogP contribution in [0.5, 0.6) is 0 Å². The predicted molar refractivity (Wildman–Crippen MR) is 127 cm³/mol. The number of halogens is 3. The maximum atomic E-state index is 12.7. The number of rotatable bonds is 5. The first kappa shape index (κ1) is 22.7. The third kappa shape index (κ3) is 4.78. The van der Waals surface area contributed by atoms with Gasteiger partial charge in [-0.2, -0.15) is 10.4 Å². The van der Waals surface area contributed by atoms with E-state index in [1.54, 1.807) is 35.0 Å². The van der Waals surface area contributed by atoms with E-state index in [1.165, 1.54) is 6.42 Å². The monoisotopic (exact) mass is 486 g/mol. The van der Waals surface area contributed by atoms with E-state index < -0.39 is 0 Å². The molecule has 1 aliphatic rings. The van der Waals surface area contributed by atoms with Crippen molar-refractivity contribution in [3.8, 4) is 23.0 Å². The fraction of sp³-hybridized carbons (Fsp3) is 0.292. The molecule has 0 atom stereocenters. The van der Waals surface area contributed by atoms with Gasteiger partial charge in [0.15, 0.2) is 0 Å². The van der Waals surface area contributed by atoms with Crippen LogP contribution in [0.3, 0.4) is 0 Å². The van der Waals surface area contributed by atoms with E-state index in [9.17, 15) is 10.1 Å². The van der Waals surface area contributed by atoms with Gasteiger partial charge >= 0.3 is 0 Å². The Morgan fingerprint density at radius 2 is 1.75 bits per heavy atom. The van der Waals surface area contributed by atoms with Gasteiger partial charge in [0.25, 0.3) is 0 Å². The Labute approximate surface area is 201 Å². The first-order valence-electron chi connectivity index (χ1n) is 10.5. The maximum Gasteiger partial charge on any atom is 0.223 e. The van der Waals surface area contributed by atoms with E-state index in [0.717, 1.165) is 31.2 Å². The summed E-state index contributed by atoms with van der Waals surface area (Å²) < 4.78 is 1.63. The number of aromatic nitrogens is 2. The van der Waals surface area contributed by atoms with E-state index in [0.29, 0.717) is 37.7 Å². The van der Waals surface area contributed by atoms with Crippen LogP contribution < -0.4 is 5.32 Å². The molecular formula is C24H21Cl3N4O. The topological polar surface area (TPSA) is 70.7 Å². The lowest BCUT2D eigenvalue weighted by molar-refractivity contribution is -0.126. The lowest BCUT2D eigenvalue weighted by atomic mass is 9.88. The van der Waals surface area contributed by atoms with Gasteiger partial charge in [0.1, 0.15) is 17.3 Å². The molecular weight excluding hydrogens is 467 g/mol. The summed E-state index contributed by atoms with van der Waals surface area (Å²) in [5, 5.41) is 19.1. The summed E-state index contributed by atoms with van der Waals surface area (Å²) in [6, 6.07) is 14.5. The van der Waals surface area contributed by atoms with Gasteiger partial charge in [-0.15, -0.1) is 0 Å². The highest BCUT2D eigenvalue weighted by Crippen LogP contribution is 2.33. The molecule has 1 amide bonds. The molecule has 0 saturated heterocycles. The van der Waals surface area contributed by atoms with Crippen molar-refractivity contribution in [1.82, 2.24) is 15.1 Å². The van der Waals surface area contributed by atoms with Gasteiger partial charge in [-0.3, -0.25) is 4.79 Å². The molecule has 4 rings (SSSR count). The van der Waals surface area contributed by atoms with Crippen LogP contribution >= 0.6 is 34.8 Å². The molecule has 5 nitrogen and oxygen atoms in total. The van der Waals surface area contributed by atoms with Crippen LogP contribution in [0, 0.1) is 17.2 Å². The fourth-order valence-corrected chi connectivity index (χ4v) is 4.70. The van der Waals surface area contributed by atoms with Gasteiger partial charge < -0.3 is 5.32 Å². The van der Waals surface area contributed by atoms with Crippen LogP contribution in [0.25, 0.3) is 16.9 Å². The molecule has 1 aliphatic carbocycles. The summed E-state index contributed by atoms with van der Waals surface area (Å²) in [5.74, 6) is 0.0403. The van der Waals surface area contributed by atoms with Crippen LogP contribution in [0.15, 0.2) is 42.5 Å². The number of nitriles is 1. The third-order valence-electron chi connectivity index (χ3n) is 5.73. The lowest BCUT2D eigenvalue weighted by Gasteiger charge is -2.20. The molecule has 32 heavy (non-hydrogen) atoms. The Morgan fingerprint density at radius 3 is 2.41 bits per heavy atom. The number of carbonyl (C=O) groups excluding carboxylic acids is 1. The van der Waals surface area contributed by atoms with Gasteiger partial charge in [-0.05, 0) is 43.2 Å². The Bertz CT molecular complexity index is 1180. The second kappa shape index (κ2) is 9.95. The zero-order valence-electron chi connectivity index (χ0n) is 17.2. The molecule has 0 radical (unpaired) electrons. The standard InChI is InChI=1S/C24H21Cl3N4O/c25-17-8-6-15(7-9-17)23-19(13-28)21(14-29-24(32)16-4-2-1-3-5-16)30-31(23)22-11-10-18(26)12-20(22)27/h6-12,16H,1-5,14H2,(H,29,32). The first-order chi connectivity index (χ1) is 15.5. The second-order valence-electron chi connectivity index (χ2n) is 7.85. The molecule has 1 fully saturated rings. The summed E-state index contributed by atoms with van der Waals surface area (Å²) in [7, 11) is 0. The normalized spacial score (nSPS) is 14.2. The number of hydrogen-bond donors (Lipinski definition) is 1. The molecule has 1 N–H and O–H groups in total. The van der Waals surface area contributed by atoms with Crippen LogP contribution in [0.1, 0.15) is 43.4 Å². The van der Waals surface area contributed by atoms with Crippen LogP contribution in [-0.2, 0) is 11.3 Å². The first-order valence-corrected chi connectivity index (χ1v) is 11.6. The highest BCUT2D eigenvalue weighted by molar-refractivity contribution is 6.35. The Hall–Kier alpha value is -2.52. The van der Waals surface area contributed by atoms with Gasteiger partial charge in [-0.25, -0.2) is 4.68 Å². The molecule has 8 heteroatoms. The van der Waals surface area contributed by atoms with E-state index >= 15 is 0 Å². The molecule has 1 aromatic heterocycles. The third-order valence-corrected chi connectivity index (χ3v) is 6.52. The SMILES string of the molecule is N#Cc1c(CNC(=O)C2CCCCC2)nn(-c2ccc(Cl)cc2Cl)c1-c1ccc(Cl)cc1. The molecule has 2 aromatic carbocycles. The molecule has 1 heterocycles. The maximum absolute atomic E-state index is 12.7. The second-order valence-corrected chi connectivity index (χ2v) is 9.13. The Balaban J connectivity index is 1.75. The van der Waals surface area contributed by atoms with E-state index in [-0.39, 0.29) is 18.4 Å². The minimum Gasteiger partial charge on any atom is -0.350 e. The van der Waals surface area contributed by atoms with Crippen molar-refractivity contribution in [1.29, 1.82) is 5.26 Å². The molecule has 164 valence electrons. The number of benzene rings is 2. The van der Waals surface area contributed by atoms with E-state index in [1.807, 2.05) is 12.1 Å². The van der Waals surface area contributed by atoms with E-state index in [2.05, 4.69) is 16.5 Å². The van der Waals surface area contributed by atoms with Gasteiger partial charge in [-0.1, -0.05) is 66.2 Å². The summed E-state index contributed by atoms with van der Waals surface area (Å²) in [5.41, 5.74) is 2.78. The van der Waals surface area contributed by atoms with Crippen molar-refractivity contribution in [3.63, 3.8) is 0 Å². The highest BCUT2D eigenvalue weighted by atomic mass is 35.5. The zero-order chi connectivity index (χ0) is 22.7. The van der Waals surface area contributed by atoms with Crippen molar-refractivity contribution in [2.24, 2.45) is 5.92 Å². The van der Waals surface area contributed by atoms with Crippen molar-refractivity contribution < 1.29 is 4.79 Å². The predicted octanol–water partition coefficient (Wildman–Crippen LogP) is 6.57. The molecule has 3 aromatic rings. The summed E-state index contributed by atoms with van der Waals surface area (Å²) in [6.07, 6.45) is 5.14. The van der Waals surface area contributed by atoms with Gasteiger partial charge in [0.05, 0.1) is 22.9 Å². The quantitative estimate of drug-likeness (QED) is 0.442. The summed E-state index contributed by atoms with van der Waals surface area (Å²) in [6.45, 7) is 0.164. The number of nitrogens with one attached hydrogen (secondary N) is 1. The number of nitrogens with zero attached hydrogens (tertiary/aromatic N) is 3. The smallest absolute Gasteiger partial charge is 0.223 e. The van der Waals surface area contributed by atoms with Crippen molar-refractivity contribution in [3.05, 3.63) is 68.8 Å². The van der Waals surface area contributed by atoms with E-state index in [4.69, 9.17) is 34.8 Å². The Morgan fingerprint density at radius 1 is 1.06 bits per heavy atom. The molecule has 0 unspecified atom stereocenters. The van der Waals surface area contributed by atoms with Crippen LogP contribution in [-0.4, -0.2) is 15.7 Å². The highest BCUT2D eigenvalue weighted by Gasteiger charge is 2.24. The Kier molecular flexibility index (Phi) is 7.05. The molecule has 0 bridgehead atoms. The van der Waals surface area contributed by atoms with Crippen LogP contribution in [0.4, 0.5) is 0 Å². The number of carbonyl (C=O) groups is 1. The summed E-state index contributed by atoms with van der Waals surface area (Å²) >= 11 is 18.6. The average Bonchev–Trinajstić information content (AvgIpc) is 3.16. The van der Waals surface area contributed by atoms with Crippen molar-refractivity contribution >= 4 is 40.7 Å². The zero-order valence-corrected chi connectivity index (χ0v) is 19.5. The largest absolute Gasteiger partial charge is 0.350 e. The summed E-state index contributed by atoms with van der Waals surface area (Å²) in [4.78, 5) is 12.7. The average molecular weight is 488 g/mol. The molecule has 1 saturated carbocycles. The lowest BCUT2D eigenvalue weighted by Crippen LogP contribution is -2.31. The molecule has 0 spiro atoms. The fourth-order valence-electron chi connectivity index (χ4n) is 4.09. The van der Waals surface area contributed by atoms with Gasteiger partial charge in [0.2, 0.25) is 5.91 Å². The number of hydrogen-bond acceptors (Lipinski definition) is 3. The van der Waals surface area contributed by atoms with Crippen molar-refractivity contribution in [2.45, 2.75) is 38.6 Å². The van der Waals surface area contributed by atoms with Crippen LogP contribution in [0.2, 0.25) is 15.1 Å². The minimum atomic E-state index is 0.0145. The molecule has 0 aliphatic heterocycles. The minimum absolute atomic E-state index is 0.0145.